The van der Waals surface area contributed by atoms with Gasteiger partial charge < -0.3 is 4.57 Å². The molecule has 28 heavy (non-hydrogen) atoms. The summed E-state index contributed by atoms with van der Waals surface area (Å²) in [5, 5.41) is 0.572. The maximum atomic E-state index is 3.02. The summed E-state index contributed by atoms with van der Waals surface area (Å²) >= 11 is 0. The van der Waals surface area contributed by atoms with Crippen molar-refractivity contribution in [2.45, 2.75) is 104 Å². The van der Waals surface area contributed by atoms with Crippen LogP contribution in [0.4, 0.5) is 0 Å². The van der Waals surface area contributed by atoms with Crippen LogP contribution in [-0.2, 0) is 6.54 Å². The van der Waals surface area contributed by atoms with Crippen molar-refractivity contribution < 1.29 is 0 Å². The molecule has 1 aliphatic heterocycles. The van der Waals surface area contributed by atoms with E-state index in [1.165, 1.54) is 11.6 Å². The molecule has 0 N–H and O–H groups in total. The summed E-state index contributed by atoms with van der Waals surface area (Å²) in [6.45, 7) is 28.6. The zero-order chi connectivity index (χ0) is 21.5. The van der Waals surface area contributed by atoms with Crippen molar-refractivity contribution >= 4 is 16.3 Å². The molecule has 0 radical (unpaired) electrons. The molecule has 1 atom stereocenters. The zero-order valence-corrected chi connectivity index (χ0v) is 22.5. The van der Waals surface area contributed by atoms with Crippen LogP contribution in [0.5, 0.6) is 0 Å². The predicted octanol–water partition coefficient (Wildman–Crippen LogP) is 7.88. The van der Waals surface area contributed by atoms with Crippen LogP contribution in [0.15, 0.2) is 41.6 Å². The highest BCUT2D eigenvalue weighted by molar-refractivity contribution is 6.88. The first-order valence-corrected chi connectivity index (χ1v) is 16.9. The molecule has 0 aliphatic carbocycles. The van der Waals surface area contributed by atoms with Crippen LogP contribution in [0, 0.1) is 5.92 Å². The van der Waals surface area contributed by atoms with E-state index in [1.807, 2.05) is 0 Å². The largest absolute Gasteiger partial charge is 0.309 e. The van der Waals surface area contributed by atoms with Gasteiger partial charge in [-0.3, -0.25) is 0 Å². The third kappa shape index (κ3) is 4.57. The van der Waals surface area contributed by atoms with Crippen molar-refractivity contribution in [2.24, 2.45) is 5.92 Å². The lowest BCUT2D eigenvalue weighted by Crippen LogP contribution is -2.63. The number of hydrogen-bond donors (Lipinski definition) is 0. The molecular formula is C25H45NSi2. The molecule has 2 rings (SSSR count). The maximum Gasteiger partial charge on any atom is 0.164 e. The van der Waals surface area contributed by atoms with Crippen molar-refractivity contribution in [3.05, 3.63) is 47.2 Å². The van der Waals surface area contributed by atoms with Gasteiger partial charge >= 0.3 is 0 Å². The summed E-state index contributed by atoms with van der Waals surface area (Å²) in [7, 11) is -3.13. The third-order valence-corrected chi connectivity index (χ3v) is 14.6. The van der Waals surface area contributed by atoms with Gasteiger partial charge in [0.1, 0.15) is 0 Å². The van der Waals surface area contributed by atoms with E-state index in [0.717, 1.165) is 6.54 Å². The minimum atomic E-state index is -1.94. The minimum absolute atomic E-state index is 0.286. The third-order valence-electron chi connectivity index (χ3n) is 6.41. The van der Waals surface area contributed by atoms with E-state index in [9.17, 15) is 0 Å². The smallest absolute Gasteiger partial charge is 0.164 e. The number of hydrogen-bond acceptors (Lipinski definition) is 1. The lowest BCUT2D eigenvalue weighted by Gasteiger charge is -2.55. The molecule has 1 nitrogen and oxygen atoms in total. The van der Waals surface area contributed by atoms with Gasteiger partial charge in [-0.15, -0.1) is 0 Å². The van der Waals surface area contributed by atoms with Crippen LogP contribution in [0.1, 0.15) is 61.0 Å². The maximum absolute atomic E-state index is 3.02. The standard InChI is InChI=1S/C25H45NSi2/c1-20(2)23-22(18-27(9,10)11)19-28(24(3,4)5,25(6,7)8)26(23)17-21-15-13-12-14-16-21/h12-16,19-20,23H,17-18H2,1-11H3. The van der Waals surface area contributed by atoms with Gasteiger partial charge in [-0.1, -0.05) is 117 Å². The van der Waals surface area contributed by atoms with Crippen LogP contribution in [0.2, 0.25) is 35.8 Å². The highest BCUT2D eigenvalue weighted by Crippen LogP contribution is 2.59. The second-order valence-electron chi connectivity index (χ2n) is 12.5. The topological polar surface area (TPSA) is 3.24 Å². The first-order valence-electron chi connectivity index (χ1n) is 11.1. The first-order chi connectivity index (χ1) is 12.6. The highest BCUT2D eigenvalue weighted by Gasteiger charge is 2.61. The Labute approximate surface area is 177 Å². The Kier molecular flexibility index (Phi) is 6.65. The monoisotopic (exact) mass is 415 g/mol. The summed E-state index contributed by atoms with van der Waals surface area (Å²) in [6, 6.07) is 13.1. The fraction of sp³-hybridized carbons (Fsp3) is 0.680. The fourth-order valence-corrected chi connectivity index (χ4v) is 14.7. The SMILES string of the molecule is CC(C)C1C(C[Si](C)(C)C)=C[Si](C(C)(C)C)(C(C)(C)C)N1Cc1ccccc1. The molecule has 0 bridgehead atoms. The minimum Gasteiger partial charge on any atom is -0.309 e. The van der Waals surface area contributed by atoms with Gasteiger partial charge in [0.15, 0.2) is 8.24 Å². The second-order valence-corrected chi connectivity index (χ2v) is 23.4. The number of rotatable bonds is 5. The molecule has 158 valence electrons. The normalized spacial score (nSPS) is 21.3. The molecular weight excluding hydrogens is 370 g/mol. The van der Waals surface area contributed by atoms with E-state index < -0.39 is 16.3 Å². The van der Waals surface area contributed by atoms with Crippen LogP contribution >= 0.6 is 0 Å². The van der Waals surface area contributed by atoms with Gasteiger partial charge in [-0.2, -0.15) is 0 Å². The van der Waals surface area contributed by atoms with E-state index in [-0.39, 0.29) is 10.1 Å². The summed E-state index contributed by atoms with van der Waals surface area (Å²) in [5.74, 6) is 0.644. The molecule has 0 saturated carbocycles. The Morgan fingerprint density at radius 3 is 1.82 bits per heavy atom. The zero-order valence-electron chi connectivity index (χ0n) is 20.5. The number of nitrogens with zero attached hydrogens (tertiary/aromatic N) is 1. The Morgan fingerprint density at radius 1 is 0.929 bits per heavy atom. The summed E-state index contributed by atoms with van der Waals surface area (Å²) in [4.78, 5) is 0. The molecule has 0 aromatic heterocycles. The molecule has 3 heteroatoms. The van der Waals surface area contributed by atoms with Crippen LogP contribution in [0.3, 0.4) is 0 Å². The van der Waals surface area contributed by atoms with E-state index in [0.29, 0.717) is 12.0 Å². The van der Waals surface area contributed by atoms with Crippen molar-refractivity contribution in [1.29, 1.82) is 0 Å². The molecule has 0 fully saturated rings. The molecule has 1 aliphatic rings. The van der Waals surface area contributed by atoms with E-state index in [4.69, 9.17) is 0 Å². The summed E-state index contributed by atoms with van der Waals surface area (Å²) in [6.07, 6.45) is 0. The molecule has 0 saturated heterocycles. The lowest BCUT2D eigenvalue weighted by atomic mass is 9.97. The van der Waals surface area contributed by atoms with Crippen molar-refractivity contribution in [3.8, 4) is 0 Å². The fourth-order valence-electron chi connectivity index (χ4n) is 5.83. The Hall–Kier alpha value is -0.646. The van der Waals surface area contributed by atoms with E-state index in [2.05, 4.69) is 116 Å². The molecule has 0 amide bonds. The highest BCUT2D eigenvalue weighted by atomic mass is 28.3. The molecule has 1 unspecified atom stereocenters. The van der Waals surface area contributed by atoms with Crippen LogP contribution in [-0.4, -0.2) is 26.9 Å². The van der Waals surface area contributed by atoms with E-state index in [1.54, 1.807) is 5.57 Å². The molecule has 1 aromatic carbocycles. The molecule has 1 heterocycles. The van der Waals surface area contributed by atoms with Crippen molar-refractivity contribution in [1.82, 2.24) is 4.57 Å². The Bertz CT molecular complexity index is 670. The first kappa shape index (κ1) is 23.6. The average molecular weight is 416 g/mol. The van der Waals surface area contributed by atoms with Crippen molar-refractivity contribution in [2.75, 3.05) is 0 Å². The van der Waals surface area contributed by atoms with Crippen LogP contribution in [0.25, 0.3) is 0 Å². The van der Waals surface area contributed by atoms with Crippen LogP contribution < -0.4 is 0 Å². The van der Waals surface area contributed by atoms with E-state index >= 15 is 0 Å². The predicted molar refractivity (Wildman–Crippen MR) is 132 cm³/mol. The Balaban J connectivity index is 2.70. The summed E-state index contributed by atoms with van der Waals surface area (Å²) in [5.41, 5.74) is 6.10. The number of benzene rings is 1. The van der Waals surface area contributed by atoms with Crippen molar-refractivity contribution in [3.63, 3.8) is 0 Å². The second kappa shape index (κ2) is 7.88. The molecule has 1 aromatic rings. The van der Waals surface area contributed by atoms with Gasteiger partial charge in [0.2, 0.25) is 0 Å². The van der Waals surface area contributed by atoms with Gasteiger partial charge in [0.25, 0.3) is 0 Å². The average Bonchev–Trinajstić information content (AvgIpc) is 2.80. The lowest BCUT2D eigenvalue weighted by molar-refractivity contribution is 0.268. The molecule has 0 spiro atoms. The van der Waals surface area contributed by atoms with Gasteiger partial charge in [-0.05, 0) is 27.6 Å². The quantitative estimate of drug-likeness (QED) is 0.442. The summed E-state index contributed by atoms with van der Waals surface area (Å²) < 4.78 is 3.02. The van der Waals surface area contributed by atoms with Gasteiger partial charge in [-0.25, -0.2) is 0 Å². The van der Waals surface area contributed by atoms with Gasteiger partial charge in [0.05, 0.1) is 0 Å². The van der Waals surface area contributed by atoms with Gasteiger partial charge in [0, 0.05) is 20.7 Å². The Morgan fingerprint density at radius 2 is 1.43 bits per heavy atom.